The first-order chi connectivity index (χ1) is 10.2. The Labute approximate surface area is 133 Å². The Morgan fingerprint density at radius 1 is 1.19 bits per heavy atom. The molecule has 2 aromatic carbocycles. The average Bonchev–Trinajstić information content (AvgIpc) is 2.46. The second kappa shape index (κ2) is 7.57. The van der Waals surface area contributed by atoms with Gasteiger partial charge in [-0.2, -0.15) is 0 Å². The molecule has 1 unspecified atom stereocenters. The van der Waals surface area contributed by atoms with Gasteiger partial charge < -0.3 is 10.1 Å². The molecule has 0 amide bonds. The zero-order valence-electron chi connectivity index (χ0n) is 12.2. The van der Waals surface area contributed by atoms with E-state index in [4.69, 9.17) is 4.74 Å². The minimum atomic E-state index is -0.246. The van der Waals surface area contributed by atoms with Crippen molar-refractivity contribution in [3.63, 3.8) is 0 Å². The summed E-state index contributed by atoms with van der Waals surface area (Å²) >= 11 is 3.45. The zero-order valence-corrected chi connectivity index (χ0v) is 13.8. The number of hydrogen-bond donors (Lipinski definition) is 1. The van der Waals surface area contributed by atoms with E-state index < -0.39 is 0 Å². The van der Waals surface area contributed by atoms with Crippen molar-refractivity contribution in [1.29, 1.82) is 0 Å². The summed E-state index contributed by atoms with van der Waals surface area (Å²) in [6.45, 7) is 5.46. The lowest BCUT2D eigenvalue weighted by Crippen LogP contribution is -2.22. The van der Waals surface area contributed by atoms with Crippen molar-refractivity contribution in [3.8, 4) is 5.75 Å². The third-order valence-electron chi connectivity index (χ3n) is 3.18. The van der Waals surface area contributed by atoms with Gasteiger partial charge in [0.1, 0.15) is 11.6 Å². The molecular formula is C17H19BrFNO. The van der Waals surface area contributed by atoms with Gasteiger partial charge in [0.15, 0.2) is 0 Å². The highest BCUT2D eigenvalue weighted by atomic mass is 79.9. The minimum Gasteiger partial charge on any atom is -0.494 e. The Balaban J connectivity index is 2.40. The minimum absolute atomic E-state index is 0.00891. The van der Waals surface area contributed by atoms with Crippen molar-refractivity contribution in [2.24, 2.45) is 0 Å². The SMILES string of the molecule is CCNC(c1cccc(OCC)c1)c1ccc(F)cc1Br. The highest BCUT2D eigenvalue weighted by Crippen LogP contribution is 2.30. The Bertz CT molecular complexity index is 603. The van der Waals surface area contributed by atoms with Gasteiger partial charge in [-0.15, -0.1) is 0 Å². The van der Waals surface area contributed by atoms with E-state index in [1.807, 2.05) is 31.2 Å². The van der Waals surface area contributed by atoms with E-state index in [2.05, 4.69) is 28.2 Å². The van der Waals surface area contributed by atoms with E-state index in [0.717, 1.165) is 27.9 Å². The van der Waals surface area contributed by atoms with Crippen LogP contribution in [0.4, 0.5) is 4.39 Å². The molecule has 0 aliphatic rings. The van der Waals surface area contributed by atoms with Gasteiger partial charge in [-0.25, -0.2) is 4.39 Å². The molecule has 0 aromatic heterocycles. The lowest BCUT2D eigenvalue weighted by atomic mass is 9.98. The van der Waals surface area contributed by atoms with Crippen LogP contribution in [0.15, 0.2) is 46.9 Å². The average molecular weight is 352 g/mol. The maximum absolute atomic E-state index is 13.3. The zero-order chi connectivity index (χ0) is 15.2. The summed E-state index contributed by atoms with van der Waals surface area (Å²) in [6.07, 6.45) is 0. The predicted molar refractivity (Wildman–Crippen MR) is 87.2 cm³/mol. The lowest BCUT2D eigenvalue weighted by molar-refractivity contribution is 0.339. The molecule has 1 atom stereocenters. The first-order valence-electron chi connectivity index (χ1n) is 7.06. The molecule has 0 bridgehead atoms. The van der Waals surface area contributed by atoms with E-state index in [0.29, 0.717) is 6.61 Å². The molecule has 0 fully saturated rings. The monoisotopic (exact) mass is 351 g/mol. The molecule has 0 aliphatic heterocycles. The molecule has 21 heavy (non-hydrogen) atoms. The van der Waals surface area contributed by atoms with Crippen molar-refractivity contribution in [2.45, 2.75) is 19.9 Å². The Kier molecular flexibility index (Phi) is 5.76. The van der Waals surface area contributed by atoms with Crippen LogP contribution in [0.3, 0.4) is 0 Å². The van der Waals surface area contributed by atoms with Crippen molar-refractivity contribution < 1.29 is 9.13 Å². The Morgan fingerprint density at radius 3 is 2.67 bits per heavy atom. The van der Waals surface area contributed by atoms with Gasteiger partial charge >= 0.3 is 0 Å². The molecule has 112 valence electrons. The second-order valence-electron chi connectivity index (χ2n) is 4.66. The summed E-state index contributed by atoms with van der Waals surface area (Å²) in [5, 5.41) is 3.44. The number of rotatable bonds is 6. The number of ether oxygens (including phenoxy) is 1. The summed E-state index contributed by atoms with van der Waals surface area (Å²) in [4.78, 5) is 0. The first-order valence-corrected chi connectivity index (χ1v) is 7.86. The standard InChI is InChI=1S/C17H19BrFNO/c1-3-20-17(15-9-8-13(19)11-16(15)18)12-6-5-7-14(10-12)21-4-2/h5-11,17,20H,3-4H2,1-2H3. The Morgan fingerprint density at radius 2 is 2.00 bits per heavy atom. The molecule has 4 heteroatoms. The third-order valence-corrected chi connectivity index (χ3v) is 3.87. The van der Waals surface area contributed by atoms with Gasteiger partial charge in [0.2, 0.25) is 0 Å². The molecule has 2 nitrogen and oxygen atoms in total. The van der Waals surface area contributed by atoms with Crippen molar-refractivity contribution >= 4 is 15.9 Å². The van der Waals surface area contributed by atoms with Crippen LogP contribution >= 0.6 is 15.9 Å². The molecule has 0 saturated carbocycles. The number of hydrogen-bond acceptors (Lipinski definition) is 2. The smallest absolute Gasteiger partial charge is 0.124 e. The molecule has 0 heterocycles. The van der Waals surface area contributed by atoms with Crippen molar-refractivity contribution in [2.75, 3.05) is 13.2 Å². The molecule has 0 spiro atoms. The van der Waals surface area contributed by atoms with Gasteiger partial charge in [-0.05, 0) is 48.9 Å². The largest absolute Gasteiger partial charge is 0.494 e. The lowest BCUT2D eigenvalue weighted by Gasteiger charge is -2.21. The molecule has 0 saturated heterocycles. The fourth-order valence-corrected chi connectivity index (χ4v) is 2.88. The number of nitrogens with one attached hydrogen (secondary N) is 1. The van der Waals surface area contributed by atoms with Crippen LogP contribution in [0, 0.1) is 5.82 Å². The highest BCUT2D eigenvalue weighted by molar-refractivity contribution is 9.10. The molecule has 2 aromatic rings. The summed E-state index contributed by atoms with van der Waals surface area (Å²) in [5.74, 6) is 0.597. The van der Waals surface area contributed by atoms with Crippen molar-refractivity contribution in [1.82, 2.24) is 5.32 Å². The maximum atomic E-state index is 13.3. The molecule has 2 rings (SSSR count). The topological polar surface area (TPSA) is 21.3 Å². The quantitative estimate of drug-likeness (QED) is 0.815. The fourth-order valence-electron chi connectivity index (χ4n) is 2.30. The van der Waals surface area contributed by atoms with Gasteiger partial charge in [-0.1, -0.05) is 41.1 Å². The van der Waals surface area contributed by atoms with Crippen LogP contribution in [-0.4, -0.2) is 13.2 Å². The Hall–Kier alpha value is -1.39. The molecule has 1 N–H and O–H groups in total. The van der Waals surface area contributed by atoms with Gasteiger partial charge in [0.05, 0.1) is 12.6 Å². The van der Waals surface area contributed by atoms with Crippen LogP contribution < -0.4 is 10.1 Å². The van der Waals surface area contributed by atoms with Crippen molar-refractivity contribution in [3.05, 3.63) is 63.9 Å². The van der Waals surface area contributed by atoms with Gasteiger partial charge in [0, 0.05) is 4.47 Å². The number of benzene rings is 2. The van der Waals surface area contributed by atoms with Crippen LogP contribution in [0.25, 0.3) is 0 Å². The first kappa shape index (κ1) is 16.0. The second-order valence-corrected chi connectivity index (χ2v) is 5.52. The molecule has 0 radical (unpaired) electrons. The fraction of sp³-hybridized carbons (Fsp3) is 0.294. The van der Waals surface area contributed by atoms with E-state index >= 15 is 0 Å². The van der Waals surface area contributed by atoms with Crippen LogP contribution in [0.2, 0.25) is 0 Å². The van der Waals surface area contributed by atoms with Gasteiger partial charge in [0.25, 0.3) is 0 Å². The summed E-state index contributed by atoms with van der Waals surface area (Å²) in [6, 6.07) is 12.8. The highest BCUT2D eigenvalue weighted by Gasteiger charge is 2.16. The van der Waals surface area contributed by atoms with Crippen LogP contribution in [0.1, 0.15) is 31.0 Å². The number of halogens is 2. The normalized spacial score (nSPS) is 12.2. The predicted octanol–water partition coefficient (Wildman–Crippen LogP) is 4.69. The van der Waals surface area contributed by atoms with E-state index in [1.54, 1.807) is 6.07 Å². The summed E-state index contributed by atoms with van der Waals surface area (Å²) < 4.78 is 19.6. The van der Waals surface area contributed by atoms with Crippen LogP contribution in [0.5, 0.6) is 5.75 Å². The summed E-state index contributed by atoms with van der Waals surface area (Å²) in [7, 11) is 0. The van der Waals surface area contributed by atoms with E-state index in [-0.39, 0.29) is 11.9 Å². The molecular weight excluding hydrogens is 333 g/mol. The van der Waals surface area contributed by atoms with Crippen LogP contribution in [-0.2, 0) is 0 Å². The maximum Gasteiger partial charge on any atom is 0.124 e. The summed E-state index contributed by atoms with van der Waals surface area (Å²) in [5.41, 5.74) is 2.10. The molecule has 0 aliphatic carbocycles. The van der Waals surface area contributed by atoms with E-state index in [1.165, 1.54) is 12.1 Å². The van der Waals surface area contributed by atoms with Gasteiger partial charge in [-0.3, -0.25) is 0 Å². The third kappa shape index (κ3) is 4.05. The van der Waals surface area contributed by atoms with E-state index in [9.17, 15) is 4.39 Å².